The number of morpholine rings is 1. The molecular formula is C20H23N5O2S. The quantitative estimate of drug-likeness (QED) is 0.729. The van der Waals surface area contributed by atoms with E-state index in [0.717, 1.165) is 47.5 Å². The summed E-state index contributed by atoms with van der Waals surface area (Å²) < 4.78 is 17.8. The molecule has 0 radical (unpaired) electrons. The molecule has 2 fully saturated rings. The second-order valence-electron chi connectivity index (χ2n) is 7.60. The van der Waals surface area contributed by atoms with Gasteiger partial charge in [-0.3, -0.25) is 4.21 Å². The summed E-state index contributed by atoms with van der Waals surface area (Å²) in [6.07, 6.45) is 7.23. The molecule has 1 saturated carbocycles. The van der Waals surface area contributed by atoms with Crippen LogP contribution in [0.1, 0.15) is 25.5 Å². The Bertz CT molecular complexity index is 1060. The van der Waals surface area contributed by atoms with Gasteiger partial charge in [0, 0.05) is 53.0 Å². The number of rotatable bonds is 4. The zero-order valence-corrected chi connectivity index (χ0v) is 16.8. The molecule has 2 atom stereocenters. The maximum absolute atomic E-state index is 12.5. The van der Waals surface area contributed by atoms with Gasteiger partial charge in [-0.25, -0.2) is 15.0 Å². The number of aromatic nitrogens is 4. The first-order chi connectivity index (χ1) is 13.6. The van der Waals surface area contributed by atoms with Gasteiger partial charge in [-0.2, -0.15) is 0 Å². The normalized spacial score (nSPS) is 22.4. The number of nitrogens with one attached hydrogen (secondary N) is 1. The molecule has 8 heteroatoms. The van der Waals surface area contributed by atoms with E-state index in [1.807, 2.05) is 24.4 Å². The van der Waals surface area contributed by atoms with Crippen LogP contribution in [-0.4, -0.2) is 56.2 Å². The van der Waals surface area contributed by atoms with Crippen LogP contribution in [0.4, 0.5) is 5.82 Å². The van der Waals surface area contributed by atoms with E-state index in [9.17, 15) is 4.21 Å². The fourth-order valence-electron chi connectivity index (χ4n) is 3.96. The molecule has 3 aromatic rings. The smallest absolute Gasteiger partial charge is 0.162 e. The van der Waals surface area contributed by atoms with Crippen LogP contribution in [0, 0.1) is 0 Å². The summed E-state index contributed by atoms with van der Waals surface area (Å²) in [5.74, 6) is 1.54. The van der Waals surface area contributed by atoms with E-state index in [0.29, 0.717) is 19.0 Å². The van der Waals surface area contributed by atoms with Gasteiger partial charge in [0.1, 0.15) is 11.5 Å². The summed E-state index contributed by atoms with van der Waals surface area (Å²) >= 11 is 0. The second kappa shape index (κ2) is 6.63. The molecular weight excluding hydrogens is 374 g/mol. The predicted octanol–water partition coefficient (Wildman–Crippen LogP) is 2.61. The lowest BCUT2D eigenvalue weighted by molar-refractivity contribution is 0.0985. The van der Waals surface area contributed by atoms with Crippen LogP contribution in [0.3, 0.4) is 0 Å². The minimum absolute atomic E-state index is 0.233. The Hall–Kier alpha value is -2.32. The molecule has 0 bridgehead atoms. The Morgan fingerprint density at radius 3 is 2.93 bits per heavy atom. The minimum atomic E-state index is -0.974. The topological polar surface area (TPSA) is 84.0 Å². The van der Waals surface area contributed by atoms with Crippen molar-refractivity contribution in [1.82, 2.24) is 19.9 Å². The first-order valence-corrected chi connectivity index (χ1v) is 11.1. The monoisotopic (exact) mass is 397 g/mol. The molecule has 5 rings (SSSR count). The van der Waals surface area contributed by atoms with Crippen LogP contribution in [0.25, 0.3) is 22.4 Å². The summed E-state index contributed by atoms with van der Waals surface area (Å²) in [6.45, 7) is 4.29. The second-order valence-corrected chi connectivity index (χ2v) is 9.29. The van der Waals surface area contributed by atoms with E-state index in [-0.39, 0.29) is 10.8 Å². The fraction of sp³-hybridized carbons (Fsp3) is 0.450. The number of anilines is 1. The summed E-state index contributed by atoms with van der Waals surface area (Å²) in [7, 11) is -0.974. The lowest BCUT2D eigenvalue weighted by Gasteiger charge is -2.34. The van der Waals surface area contributed by atoms with Crippen LogP contribution in [0.2, 0.25) is 0 Å². The van der Waals surface area contributed by atoms with Crippen molar-refractivity contribution in [3.8, 4) is 11.4 Å². The molecule has 0 spiro atoms. The third-order valence-corrected chi connectivity index (χ3v) is 7.51. The van der Waals surface area contributed by atoms with Crippen molar-refractivity contribution in [2.24, 2.45) is 0 Å². The minimum Gasteiger partial charge on any atom is -0.377 e. The third kappa shape index (κ3) is 2.82. The number of hydrogen-bond donors (Lipinski definition) is 1. The van der Waals surface area contributed by atoms with Crippen molar-refractivity contribution >= 4 is 27.7 Å². The summed E-state index contributed by atoms with van der Waals surface area (Å²) in [4.78, 5) is 19.6. The number of hydrogen-bond acceptors (Lipinski definition) is 6. The van der Waals surface area contributed by atoms with Crippen LogP contribution < -0.4 is 4.90 Å². The number of pyridine rings is 1. The number of H-pyrrole nitrogens is 1. The highest BCUT2D eigenvalue weighted by Gasteiger charge is 2.50. The molecule has 146 valence electrons. The molecule has 0 aromatic carbocycles. The van der Waals surface area contributed by atoms with E-state index < -0.39 is 10.8 Å². The Labute approximate surface area is 166 Å². The molecule has 1 N–H and O–H groups in total. The zero-order valence-electron chi connectivity index (χ0n) is 16.0. The largest absolute Gasteiger partial charge is 0.377 e. The van der Waals surface area contributed by atoms with E-state index in [1.54, 1.807) is 12.5 Å². The van der Waals surface area contributed by atoms with Gasteiger partial charge >= 0.3 is 0 Å². The molecule has 1 aliphatic carbocycles. The number of nitrogens with zero attached hydrogens (tertiary/aromatic N) is 4. The van der Waals surface area contributed by atoms with Gasteiger partial charge in [-0.1, -0.05) is 0 Å². The molecule has 7 nitrogen and oxygen atoms in total. The standard InChI is InChI=1S/C20H23N5O2S/c1-13-12-27-10-9-25(13)17-11-16(20(5-6-20)28(2)26)23-19(24-17)15-4-8-22-18-14(15)3-7-21-18/h3-4,7-8,11,13H,5-6,9-10,12H2,1-2H3,(H,21,22)/t13-,28?/m1/s1. The molecule has 1 aliphatic heterocycles. The average Bonchev–Trinajstić information content (AvgIpc) is 3.39. The van der Waals surface area contributed by atoms with Gasteiger partial charge in [0.05, 0.1) is 29.7 Å². The van der Waals surface area contributed by atoms with E-state index in [1.165, 1.54) is 0 Å². The first kappa shape index (κ1) is 17.8. The van der Waals surface area contributed by atoms with Crippen molar-refractivity contribution in [2.45, 2.75) is 30.6 Å². The van der Waals surface area contributed by atoms with Gasteiger partial charge in [0.25, 0.3) is 0 Å². The molecule has 1 unspecified atom stereocenters. The molecule has 1 saturated heterocycles. The Balaban J connectivity index is 1.69. The molecule has 28 heavy (non-hydrogen) atoms. The van der Waals surface area contributed by atoms with Gasteiger partial charge in [-0.05, 0) is 31.9 Å². The first-order valence-electron chi connectivity index (χ1n) is 9.58. The molecule has 0 amide bonds. The number of fused-ring (bicyclic) bond motifs is 1. The maximum atomic E-state index is 12.5. The lowest BCUT2D eigenvalue weighted by atomic mass is 10.1. The molecule has 3 aromatic heterocycles. The lowest BCUT2D eigenvalue weighted by Crippen LogP contribution is -2.44. The zero-order chi connectivity index (χ0) is 19.3. The van der Waals surface area contributed by atoms with Crippen molar-refractivity contribution in [2.75, 3.05) is 30.9 Å². The highest BCUT2D eigenvalue weighted by Crippen LogP contribution is 2.50. The maximum Gasteiger partial charge on any atom is 0.162 e. The predicted molar refractivity (Wildman–Crippen MR) is 110 cm³/mol. The van der Waals surface area contributed by atoms with Crippen molar-refractivity contribution in [1.29, 1.82) is 0 Å². The highest BCUT2D eigenvalue weighted by molar-refractivity contribution is 7.85. The van der Waals surface area contributed by atoms with Crippen LogP contribution >= 0.6 is 0 Å². The molecule has 2 aliphatic rings. The fourth-order valence-corrected chi connectivity index (χ4v) is 5.04. The summed E-state index contributed by atoms with van der Waals surface area (Å²) in [5.41, 5.74) is 2.63. The van der Waals surface area contributed by atoms with Crippen molar-refractivity contribution in [3.05, 3.63) is 36.3 Å². The van der Waals surface area contributed by atoms with Crippen molar-refractivity contribution in [3.63, 3.8) is 0 Å². The number of ether oxygens (including phenoxy) is 1. The van der Waals surface area contributed by atoms with Gasteiger partial charge in [0.2, 0.25) is 0 Å². The van der Waals surface area contributed by atoms with Gasteiger partial charge < -0.3 is 14.6 Å². The van der Waals surface area contributed by atoms with Crippen LogP contribution in [0.5, 0.6) is 0 Å². The highest BCUT2D eigenvalue weighted by atomic mass is 32.2. The van der Waals surface area contributed by atoms with Crippen LogP contribution in [-0.2, 0) is 20.3 Å². The van der Waals surface area contributed by atoms with Crippen molar-refractivity contribution < 1.29 is 8.95 Å². The Morgan fingerprint density at radius 2 is 2.18 bits per heavy atom. The SMILES string of the molecule is C[C@@H]1COCCN1c1cc(C2(S(C)=O)CC2)nc(-c2ccnc3[nH]ccc23)n1. The summed E-state index contributed by atoms with van der Waals surface area (Å²) in [6, 6.07) is 6.21. The van der Waals surface area contributed by atoms with E-state index >= 15 is 0 Å². The summed E-state index contributed by atoms with van der Waals surface area (Å²) in [5, 5.41) is 0.989. The van der Waals surface area contributed by atoms with E-state index in [4.69, 9.17) is 14.7 Å². The third-order valence-electron chi connectivity index (χ3n) is 5.80. The Kier molecular flexibility index (Phi) is 4.21. The van der Waals surface area contributed by atoms with Gasteiger partial charge in [0.15, 0.2) is 5.82 Å². The van der Waals surface area contributed by atoms with E-state index in [2.05, 4.69) is 21.8 Å². The Morgan fingerprint density at radius 1 is 1.32 bits per heavy atom. The van der Waals surface area contributed by atoms with Gasteiger partial charge in [-0.15, -0.1) is 0 Å². The average molecular weight is 398 g/mol. The molecule has 4 heterocycles. The van der Waals surface area contributed by atoms with Crippen LogP contribution in [0.15, 0.2) is 30.6 Å². The number of aromatic amines is 1.